The summed E-state index contributed by atoms with van der Waals surface area (Å²) in [6.45, 7) is 9.99. The van der Waals surface area contributed by atoms with E-state index in [1.54, 1.807) is 17.1 Å². The maximum absolute atomic E-state index is 13.0. The summed E-state index contributed by atoms with van der Waals surface area (Å²) >= 11 is 0. The number of amides is 1. The van der Waals surface area contributed by atoms with Gasteiger partial charge in [0.05, 0.1) is 29.7 Å². The van der Waals surface area contributed by atoms with E-state index < -0.39 is 12.7 Å². The summed E-state index contributed by atoms with van der Waals surface area (Å²) in [4.78, 5) is 21.1. The fraction of sp³-hybridized carbons (Fsp3) is 0.652. The molecule has 0 bridgehead atoms. The molecular weight excluding hydrogens is 435 g/mol. The van der Waals surface area contributed by atoms with Crippen molar-refractivity contribution in [2.24, 2.45) is 5.92 Å². The number of carbonyl (C=O) groups excluding carboxylic acids is 1. The Morgan fingerprint density at radius 2 is 2.03 bits per heavy atom. The summed E-state index contributed by atoms with van der Waals surface area (Å²) in [6.07, 6.45) is 7.18. The predicted octanol–water partition coefficient (Wildman–Crippen LogP) is 1.58. The molecule has 2 aromatic heterocycles. The van der Waals surface area contributed by atoms with Gasteiger partial charge in [0.25, 0.3) is 0 Å². The second-order valence-corrected chi connectivity index (χ2v) is 10.4. The molecule has 2 aliphatic rings. The minimum absolute atomic E-state index is 0.0823. The summed E-state index contributed by atoms with van der Waals surface area (Å²) < 4.78 is 7.49. The molecule has 1 amide bonds. The molecule has 4 rings (SSSR count). The summed E-state index contributed by atoms with van der Waals surface area (Å²) in [7, 11) is -1.60. The van der Waals surface area contributed by atoms with Gasteiger partial charge in [0.2, 0.25) is 0 Å². The molecule has 1 saturated carbocycles. The van der Waals surface area contributed by atoms with Crippen LogP contribution in [0.3, 0.4) is 0 Å². The van der Waals surface area contributed by atoms with E-state index in [-0.39, 0.29) is 23.8 Å². The Kier molecular flexibility index (Phi) is 7.13. The van der Waals surface area contributed by atoms with Crippen LogP contribution in [0.25, 0.3) is 0 Å². The number of imidazole rings is 1. The SMILES string of the molecule is CC(c1ccc(N2CCC[C@@H](N(CC3CC3)C(=O)OC(C)(C)C)C2)nn1)n1cnc(B(O)O)c1. The van der Waals surface area contributed by atoms with Crippen LogP contribution < -0.4 is 10.5 Å². The molecule has 2 N–H and O–H groups in total. The molecule has 2 aromatic rings. The smallest absolute Gasteiger partial charge is 0.444 e. The quantitative estimate of drug-likeness (QED) is 0.586. The Morgan fingerprint density at radius 1 is 1.26 bits per heavy atom. The van der Waals surface area contributed by atoms with Gasteiger partial charge in [-0.2, -0.15) is 5.10 Å². The summed E-state index contributed by atoms with van der Waals surface area (Å²) in [5, 5.41) is 27.5. The molecular formula is C23H35BN6O4. The minimum atomic E-state index is -1.60. The van der Waals surface area contributed by atoms with E-state index in [1.165, 1.54) is 12.8 Å². The average Bonchev–Trinajstić information content (AvgIpc) is 3.48. The third-order valence-corrected chi connectivity index (χ3v) is 6.37. The molecule has 2 fully saturated rings. The normalized spacial score (nSPS) is 19.6. The lowest BCUT2D eigenvalue weighted by Crippen LogP contribution is -2.52. The Hall–Kier alpha value is -2.66. The minimum Gasteiger partial charge on any atom is -0.444 e. The van der Waals surface area contributed by atoms with Crippen LogP contribution in [0.15, 0.2) is 24.7 Å². The van der Waals surface area contributed by atoms with E-state index in [0.717, 1.165) is 37.4 Å². The van der Waals surface area contributed by atoms with Crippen molar-refractivity contribution in [1.29, 1.82) is 0 Å². The lowest BCUT2D eigenvalue weighted by Gasteiger charge is -2.40. The van der Waals surface area contributed by atoms with E-state index in [0.29, 0.717) is 12.5 Å². The summed E-state index contributed by atoms with van der Waals surface area (Å²) in [5.41, 5.74) is 0.422. The van der Waals surface area contributed by atoms with Gasteiger partial charge in [0.15, 0.2) is 5.82 Å². The first-order chi connectivity index (χ1) is 16.1. The fourth-order valence-corrected chi connectivity index (χ4v) is 4.27. The van der Waals surface area contributed by atoms with Crippen molar-refractivity contribution in [1.82, 2.24) is 24.6 Å². The first-order valence-corrected chi connectivity index (χ1v) is 12.1. The van der Waals surface area contributed by atoms with Crippen molar-refractivity contribution in [2.45, 2.75) is 71.1 Å². The van der Waals surface area contributed by atoms with Crippen LogP contribution in [0.1, 0.15) is 65.1 Å². The number of carbonyl (C=O) groups is 1. The van der Waals surface area contributed by atoms with Gasteiger partial charge in [-0.3, -0.25) is 0 Å². The molecule has 34 heavy (non-hydrogen) atoms. The van der Waals surface area contributed by atoms with Crippen LogP contribution in [-0.4, -0.2) is 79.2 Å². The third-order valence-electron chi connectivity index (χ3n) is 6.37. The zero-order valence-electron chi connectivity index (χ0n) is 20.5. The Balaban J connectivity index is 1.43. The van der Waals surface area contributed by atoms with E-state index in [2.05, 4.69) is 20.1 Å². The molecule has 1 unspecified atom stereocenters. The molecule has 11 heteroatoms. The molecule has 1 aliphatic heterocycles. The summed E-state index contributed by atoms with van der Waals surface area (Å²) in [6, 6.07) is 3.82. The van der Waals surface area contributed by atoms with Crippen molar-refractivity contribution in [3.63, 3.8) is 0 Å². The highest BCUT2D eigenvalue weighted by atomic mass is 16.6. The fourth-order valence-electron chi connectivity index (χ4n) is 4.27. The largest absolute Gasteiger partial charge is 0.509 e. The van der Waals surface area contributed by atoms with Crippen molar-refractivity contribution in [3.05, 3.63) is 30.4 Å². The molecule has 0 radical (unpaired) electrons. The second-order valence-electron chi connectivity index (χ2n) is 10.4. The molecule has 10 nitrogen and oxygen atoms in total. The van der Waals surface area contributed by atoms with E-state index >= 15 is 0 Å². The molecule has 3 heterocycles. The molecule has 1 aliphatic carbocycles. The number of aromatic nitrogens is 4. The van der Waals surface area contributed by atoms with Crippen LogP contribution >= 0.6 is 0 Å². The van der Waals surface area contributed by atoms with Gasteiger partial charge in [0, 0.05) is 25.8 Å². The van der Waals surface area contributed by atoms with Crippen molar-refractivity contribution >= 4 is 24.6 Å². The third kappa shape index (κ3) is 6.07. The van der Waals surface area contributed by atoms with E-state index in [9.17, 15) is 14.8 Å². The van der Waals surface area contributed by atoms with Crippen molar-refractivity contribution in [2.75, 3.05) is 24.5 Å². The predicted molar refractivity (Wildman–Crippen MR) is 129 cm³/mol. The van der Waals surface area contributed by atoms with Crippen molar-refractivity contribution < 1.29 is 19.6 Å². The number of piperidine rings is 1. The molecule has 0 aromatic carbocycles. The van der Waals surface area contributed by atoms with Crippen molar-refractivity contribution in [3.8, 4) is 0 Å². The molecule has 2 atom stereocenters. The molecule has 0 spiro atoms. The second kappa shape index (κ2) is 9.91. The first-order valence-electron chi connectivity index (χ1n) is 12.1. The van der Waals surface area contributed by atoms with Gasteiger partial charge in [-0.25, -0.2) is 9.78 Å². The zero-order chi connectivity index (χ0) is 24.5. The van der Waals surface area contributed by atoms with Crippen LogP contribution in [0.2, 0.25) is 0 Å². The van der Waals surface area contributed by atoms with E-state index in [1.807, 2.05) is 44.7 Å². The monoisotopic (exact) mass is 470 g/mol. The topological polar surface area (TPSA) is 117 Å². The van der Waals surface area contributed by atoms with Crippen LogP contribution in [0.4, 0.5) is 10.6 Å². The number of anilines is 1. The van der Waals surface area contributed by atoms with E-state index in [4.69, 9.17) is 4.74 Å². The maximum atomic E-state index is 13.0. The Labute approximate surface area is 201 Å². The molecule has 1 saturated heterocycles. The average molecular weight is 470 g/mol. The van der Waals surface area contributed by atoms with Gasteiger partial charge in [-0.05, 0) is 71.4 Å². The Morgan fingerprint density at radius 3 is 2.62 bits per heavy atom. The van der Waals surface area contributed by atoms with Crippen LogP contribution in [-0.2, 0) is 4.74 Å². The Bertz CT molecular complexity index is 973. The lowest BCUT2D eigenvalue weighted by atomic mass is 9.87. The van der Waals surface area contributed by atoms with Gasteiger partial charge in [-0.15, -0.1) is 5.10 Å². The number of ether oxygens (including phenoxy) is 1. The standard InChI is InChI=1S/C23H35BN6O4/c1-16(29-14-20(24(32)33)25-15-29)19-9-10-21(27-26-19)28-11-5-6-18(13-28)30(12-17-7-8-17)22(31)34-23(2,3)4/h9-10,14-18,32-33H,5-8,11-13H2,1-4H3/t16?,18-/m1/s1. The maximum Gasteiger partial charge on any atom is 0.509 e. The van der Waals surface area contributed by atoms with Gasteiger partial charge >= 0.3 is 13.2 Å². The summed E-state index contributed by atoms with van der Waals surface area (Å²) in [5.74, 6) is 1.37. The number of nitrogens with zero attached hydrogens (tertiary/aromatic N) is 6. The van der Waals surface area contributed by atoms with Gasteiger partial charge in [0.1, 0.15) is 5.60 Å². The lowest BCUT2D eigenvalue weighted by molar-refractivity contribution is 0.0134. The highest BCUT2D eigenvalue weighted by Crippen LogP contribution is 2.32. The van der Waals surface area contributed by atoms with Crippen LogP contribution in [0, 0.1) is 5.92 Å². The zero-order valence-corrected chi connectivity index (χ0v) is 20.5. The van der Waals surface area contributed by atoms with Crippen LogP contribution in [0.5, 0.6) is 0 Å². The number of hydrogen-bond donors (Lipinski definition) is 2. The van der Waals surface area contributed by atoms with Gasteiger partial charge < -0.3 is 29.2 Å². The highest BCUT2D eigenvalue weighted by molar-refractivity contribution is 6.57. The number of rotatable bonds is 7. The first kappa shape index (κ1) is 24.5. The molecule has 184 valence electrons. The van der Waals surface area contributed by atoms with Gasteiger partial charge in [-0.1, -0.05) is 0 Å². The highest BCUT2D eigenvalue weighted by Gasteiger charge is 2.36. The number of hydrogen-bond acceptors (Lipinski definition) is 8.